The molecule has 20 heavy (non-hydrogen) atoms. The molecule has 0 amide bonds. The Labute approximate surface area is 116 Å². The lowest BCUT2D eigenvalue weighted by Crippen LogP contribution is -2.04. The third-order valence-electron chi connectivity index (χ3n) is 2.82. The van der Waals surface area contributed by atoms with Crippen LogP contribution in [0, 0.1) is 11.3 Å². The molecule has 2 heterocycles. The minimum Gasteiger partial charge on any atom is -0.324 e. The predicted octanol–water partition coefficient (Wildman–Crippen LogP) is 1.43. The predicted molar refractivity (Wildman–Crippen MR) is 77.2 cm³/mol. The normalized spacial score (nSPS) is 10.2. The molecule has 5 nitrogen and oxygen atoms in total. The lowest BCUT2D eigenvalue weighted by atomic mass is 9.91. The van der Waals surface area contributed by atoms with Crippen molar-refractivity contribution >= 4 is 35.7 Å². The summed E-state index contributed by atoms with van der Waals surface area (Å²) in [4.78, 5) is 12.3. The van der Waals surface area contributed by atoms with Gasteiger partial charge in [-0.3, -0.25) is 0 Å². The Morgan fingerprint density at radius 1 is 1.05 bits per heavy atom. The number of fused-ring (bicyclic) bond motifs is 1. The highest BCUT2D eigenvalue weighted by Gasteiger charge is 2.02. The topological polar surface area (TPSA) is 74.5 Å². The molecular formula is C14H8BN5. The summed E-state index contributed by atoms with van der Waals surface area (Å²) in [6.07, 6.45) is 4.61. The van der Waals surface area contributed by atoms with E-state index in [0.29, 0.717) is 17.1 Å². The Kier molecular flexibility index (Phi) is 3.02. The number of nitriles is 1. The van der Waals surface area contributed by atoms with Crippen molar-refractivity contribution in [3.63, 3.8) is 0 Å². The van der Waals surface area contributed by atoms with Crippen LogP contribution in [0.15, 0.2) is 42.9 Å². The first-order valence-corrected chi connectivity index (χ1v) is 5.90. The summed E-state index contributed by atoms with van der Waals surface area (Å²) in [5, 5.41) is 13.6. The zero-order chi connectivity index (χ0) is 13.9. The standard InChI is InChI=1S/C14H8BN5/c15-12-3-1-2-9-4-13(19-7-11(9)12)20-14-8-17-10(5-16)6-18-14/h1-4,6-8H,(H,18,19,20). The second kappa shape index (κ2) is 4.98. The second-order valence-electron chi connectivity index (χ2n) is 4.16. The third-order valence-corrected chi connectivity index (χ3v) is 2.82. The van der Waals surface area contributed by atoms with Crippen molar-refractivity contribution < 1.29 is 0 Å². The number of benzene rings is 1. The maximum absolute atomic E-state index is 8.67. The summed E-state index contributed by atoms with van der Waals surface area (Å²) in [6.45, 7) is 0. The van der Waals surface area contributed by atoms with Gasteiger partial charge in [-0.15, -0.1) is 0 Å². The Morgan fingerprint density at radius 2 is 1.90 bits per heavy atom. The summed E-state index contributed by atoms with van der Waals surface area (Å²) in [5.74, 6) is 1.17. The number of nitrogens with one attached hydrogen (secondary N) is 1. The van der Waals surface area contributed by atoms with Gasteiger partial charge in [0.2, 0.25) is 0 Å². The molecule has 2 aromatic heterocycles. The minimum atomic E-state index is 0.273. The van der Waals surface area contributed by atoms with Gasteiger partial charge in [-0.1, -0.05) is 23.7 Å². The molecule has 0 spiro atoms. The van der Waals surface area contributed by atoms with E-state index in [-0.39, 0.29) is 5.69 Å². The number of nitrogens with zero attached hydrogens (tertiary/aromatic N) is 4. The molecule has 3 rings (SSSR count). The first-order chi connectivity index (χ1) is 9.76. The molecule has 0 aliphatic carbocycles. The van der Waals surface area contributed by atoms with Crippen molar-refractivity contribution in [1.29, 1.82) is 5.26 Å². The van der Waals surface area contributed by atoms with Gasteiger partial charge in [-0.2, -0.15) is 5.26 Å². The molecule has 92 valence electrons. The van der Waals surface area contributed by atoms with E-state index in [1.54, 1.807) is 6.20 Å². The van der Waals surface area contributed by atoms with Crippen LogP contribution in [0.25, 0.3) is 10.8 Å². The van der Waals surface area contributed by atoms with Crippen LogP contribution in [-0.4, -0.2) is 22.8 Å². The summed E-state index contributed by atoms with van der Waals surface area (Å²) < 4.78 is 0. The molecule has 2 radical (unpaired) electrons. The van der Waals surface area contributed by atoms with Gasteiger partial charge in [0.05, 0.1) is 12.4 Å². The highest BCUT2D eigenvalue weighted by molar-refractivity contribution is 6.38. The number of hydrogen-bond donors (Lipinski definition) is 1. The quantitative estimate of drug-likeness (QED) is 0.703. The molecule has 0 saturated heterocycles. The molecule has 0 bridgehead atoms. The van der Waals surface area contributed by atoms with Crippen molar-refractivity contribution in [2.75, 3.05) is 5.32 Å². The molecule has 0 atom stereocenters. The average Bonchev–Trinajstić information content (AvgIpc) is 2.48. The highest BCUT2D eigenvalue weighted by atomic mass is 15.1. The number of rotatable bonds is 2. The average molecular weight is 257 g/mol. The van der Waals surface area contributed by atoms with Crippen LogP contribution in [0.2, 0.25) is 0 Å². The summed E-state index contributed by atoms with van der Waals surface area (Å²) in [5.41, 5.74) is 0.967. The second-order valence-corrected chi connectivity index (χ2v) is 4.16. The summed E-state index contributed by atoms with van der Waals surface area (Å²) in [6, 6.07) is 9.49. The van der Waals surface area contributed by atoms with E-state index < -0.39 is 0 Å². The first-order valence-electron chi connectivity index (χ1n) is 5.90. The molecule has 6 heteroatoms. The van der Waals surface area contributed by atoms with E-state index in [2.05, 4.69) is 20.3 Å². The van der Waals surface area contributed by atoms with Crippen LogP contribution in [-0.2, 0) is 0 Å². The number of aromatic nitrogens is 3. The summed E-state index contributed by atoms with van der Waals surface area (Å²) in [7, 11) is 5.88. The van der Waals surface area contributed by atoms with Gasteiger partial charge in [0.25, 0.3) is 0 Å². The van der Waals surface area contributed by atoms with E-state index in [9.17, 15) is 0 Å². The molecule has 3 aromatic rings. The summed E-state index contributed by atoms with van der Waals surface area (Å²) >= 11 is 0. The van der Waals surface area contributed by atoms with Crippen molar-refractivity contribution in [3.8, 4) is 6.07 Å². The lowest BCUT2D eigenvalue weighted by molar-refractivity contribution is 1.15. The van der Waals surface area contributed by atoms with Gasteiger partial charge in [-0.05, 0) is 16.8 Å². The van der Waals surface area contributed by atoms with Crippen molar-refractivity contribution in [3.05, 3.63) is 48.5 Å². The lowest BCUT2D eigenvalue weighted by Gasteiger charge is -2.07. The Bertz CT molecular complexity index is 808. The van der Waals surface area contributed by atoms with E-state index in [1.165, 1.54) is 12.4 Å². The van der Waals surface area contributed by atoms with Crippen LogP contribution in [0.1, 0.15) is 5.69 Å². The first kappa shape index (κ1) is 12.1. The maximum atomic E-state index is 8.67. The molecule has 1 aromatic carbocycles. The molecule has 0 aliphatic rings. The number of hydrogen-bond acceptors (Lipinski definition) is 5. The number of anilines is 2. The molecule has 0 fully saturated rings. The zero-order valence-corrected chi connectivity index (χ0v) is 10.4. The Hall–Kier alpha value is -2.94. The monoisotopic (exact) mass is 257 g/mol. The van der Waals surface area contributed by atoms with Crippen LogP contribution >= 0.6 is 0 Å². The number of pyridine rings is 1. The van der Waals surface area contributed by atoms with Gasteiger partial charge in [0, 0.05) is 6.20 Å². The minimum absolute atomic E-state index is 0.273. The van der Waals surface area contributed by atoms with Gasteiger partial charge in [0.1, 0.15) is 25.6 Å². The van der Waals surface area contributed by atoms with Gasteiger partial charge in [0.15, 0.2) is 5.69 Å². The molecule has 0 saturated carbocycles. The van der Waals surface area contributed by atoms with Gasteiger partial charge >= 0.3 is 0 Å². The van der Waals surface area contributed by atoms with Crippen LogP contribution in [0.3, 0.4) is 0 Å². The molecule has 0 aliphatic heterocycles. The fraction of sp³-hybridized carbons (Fsp3) is 0. The van der Waals surface area contributed by atoms with Gasteiger partial charge in [-0.25, -0.2) is 15.0 Å². The maximum Gasteiger partial charge on any atom is 0.158 e. The molecule has 0 unspecified atom stereocenters. The smallest absolute Gasteiger partial charge is 0.158 e. The van der Waals surface area contributed by atoms with Gasteiger partial charge < -0.3 is 5.32 Å². The SMILES string of the molecule is [B]c1cccc2cc(Nc3cnc(C#N)cn3)ncc12. The van der Waals surface area contributed by atoms with Crippen molar-refractivity contribution in [2.45, 2.75) is 0 Å². The van der Waals surface area contributed by atoms with Crippen molar-refractivity contribution in [1.82, 2.24) is 15.0 Å². The molecule has 1 N–H and O–H groups in total. The van der Waals surface area contributed by atoms with Crippen LogP contribution in [0.5, 0.6) is 0 Å². The van der Waals surface area contributed by atoms with E-state index in [1.807, 2.05) is 30.3 Å². The largest absolute Gasteiger partial charge is 0.324 e. The van der Waals surface area contributed by atoms with Crippen molar-refractivity contribution in [2.24, 2.45) is 0 Å². The van der Waals surface area contributed by atoms with Crippen LogP contribution in [0.4, 0.5) is 11.6 Å². The third kappa shape index (κ3) is 2.29. The van der Waals surface area contributed by atoms with Crippen LogP contribution < -0.4 is 10.8 Å². The van der Waals surface area contributed by atoms with E-state index >= 15 is 0 Å². The van der Waals surface area contributed by atoms with E-state index in [0.717, 1.165) is 10.8 Å². The Balaban J connectivity index is 1.92. The Morgan fingerprint density at radius 3 is 2.65 bits per heavy atom. The highest BCUT2D eigenvalue weighted by Crippen LogP contribution is 2.17. The fourth-order valence-corrected chi connectivity index (χ4v) is 1.85. The fourth-order valence-electron chi connectivity index (χ4n) is 1.85. The van der Waals surface area contributed by atoms with E-state index in [4.69, 9.17) is 13.1 Å². The zero-order valence-electron chi connectivity index (χ0n) is 10.4. The molecular weight excluding hydrogens is 249 g/mol.